The van der Waals surface area contributed by atoms with E-state index in [0.717, 1.165) is 35.0 Å². The van der Waals surface area contributed by atoms with E-state index >= 15 is 0 Å². The summed E-state index contributed by atoms with van der Waals surface area (Å²) in [6, 6.07) is 3.46. The number of aliphatic hydroxyl groups excluding tert-OH is 1. The van der Waals surface area contributed by atoms with Crippen LogP contribution in [0.5, 0.6) is 0 Å². The second-order valence-electron chi connectivity index (χ2n) is 5.18. The largest absolute Gasteiger partial charge is 0.478 e. The highest BCUT2D eigenvalue weighted by Crippen LogP contribution is 2.30. The number of carbonyl (C=O) groups is 1. The van der Waals surface area contributed by atoms with Crippen LogP contribution in [0.1, 0.15) is 40.5 Å². The molecule has 0 saturated heterocycles. The van der Waals surface area contributed by atoms with E-state index in [2.05, 4.69) is 11.5 Å². The van der Waals surface area contributed by atoms with Crippen molar-refractivity contribution in [1.82, 2.24) is 4.57 Å². The summed E-state index contributed by atoms with van der Waals surface area (Å²) < 4.78 is 2.10. The van der Waals surface area contributed by atoms with Gasteiger partial charge in [-0.25, -0.2) is 4.79 Å². The Balaban J connectivity index is 2.81. The monoisotopic (exact) mass is 275 g/mol. The Morgan fingerprint density at radius 3 is 2.55 bits per heavy atom. The summed E-state index contributed by atoms with van der Waals surface area (Å²) in [4.78, 5) is 11.2. The highest BCUT2D eigenvalue weighted by molar-refractivity contribution is 5.97. The van der Waals surface area contributed by atoms with Crippen LogP contribution in [0.2, 0.25) is 0 Å². The molecule has 108 valence electrons. The maximum Gasteiger partial charge on any atom is 0.335 e. The van der Waals surface area contributed by atoms with Crippen LogP contribution in [0.4, 0.5) is 0 Å². The van der Waals surface area contributed by atoms with Gasteiger partial charge in [0.2, 0.25) is 0 Å². The summed E-state index contributed by atoms with van der Waals surface area (Å²) in [5.74, 6) is -0.898. The molecule has 0 aliphatic heterocycles. The Hall–Kier alpha value is -1.81. The molecule has 0 atom stereocenters. The molecule has 1 aromatic carbocycles. The molecule has 1 heterocycles. The second-order valence-corrected chi connectivity index (χ2v) is 5.18. The van der Waals surface area contributed by atoms with Gasteiger partial charge < -0.3 is 14.8 Å². The average molecular weight is 275 g/mol. The maximum atomic E-state index is 11.2. The lowest BCUT2D eigenvalue weighted by Crippen LogP contribution is -2.05. The van der Waals surface area contributed by atoms with Crippen molar-refractivity contribution in [2.24, 2.45) is 0 Å². The number of nitrogens with zero attached hydrogens (tertiary/aromatic N) is 1. The quantitative estimate of drug-likeness (QED) is 0.882. The minimum absolute atomic E-state index is 0.0797. The molecular formula is C16H21NO3. The molecule has 0 spiro atoms. The van der Waals surface area contributed by atoms with Gasteiger partial charge >= 0.3 is 5.97 Å². The van der Waals surface area contributed by atoms with Crippen LogP contribution in [0.3, 0.4) is 0 Å². The number of hydrogen-bond acceptors (Lipinski definition) is 2. The zero-order valence-electron chi connectivity index (χ0n) is 12.2. The average Bonchev–Trinajstić information content (AvgIpc) is 2.65. The molecule has 4 heteroatoms. The van der Waals surface area contributed by atoms with E-state index in [1.807, 2.05) is 13.8 Å². The molecule has 0 bridgehead atoms. The minimum Gasteiger partial charge on any atom is -0.478 e. The van der Waals surface area contributed by atoms with Crippen LogP contribution in [-0.4, -0.2) is 27.4 Å². The van der Waals surface area contributed by atoms with Crippen molar-refractivity contribution < 1.29 is 15.0 Å². The van der Waals surface area contributed by atoms with Gasteiger partial charge in [0, 0.05) is 17.6 Å². The number of aromatic nitrogens is 1. The molecule has 0 unspecified atom stereocenters. The number of rotatable bonds is 5. The molecule has 0 amide bonds. The van der Waals surface area contributed by atoms with E-state index in [9.17, 15) is 15.0 Å². The summed E-state index contributed by atoms with van der Waals surface area (Å²) in [6.07, 6.45) is 1.93. The Bertz CT molecular complexity index is 656. The van der Waals surface area contributed by atoms with Gasteiger partial charge in [-0.3, -0.25) is 0 Å². The molecule has 2 aromatic rings. The van der Waals surface area contributed by atoms with Crippen LogP contribution in [0.25, 0.3) is 10.9 Å². The van der Waals surface area contributed by atoms with Crippen molar-refractivity contribution >= 4 is 16.9 Å². The third kappa shape index (κ3) is 2.31. The molecule has 4 nitrogen and oxygen atoms in total. The molecule has 1 aromatic heterocycles. The van der Waals surface area contributed by atoms with Gasteiger partial charge in [0.05, 0.1) is 17.7 Å². The number of hydrogen-bond donors (Lipinski definition) is 2. The third-order valence-electron chi connectivity index (χ3n) is 3.81. The summed E-state index contributed by atoms with van der Waals surface area (Å²) in [7, 11) is 0. The number of fused-ring (bicyclic) bond motifs is 1. The number of aryl methyl sites for hydroxylation is 2. The lowest BCUT2D eigenvalue weighted by Gasteiger charge is -2.08. The van der Waals surface area contributed by atoms with Crippen LogP contribution in [-0.2, 0) is 13.0 Å². The predicted octanol–water partition coefficient (Wildman–Crippen LogP) is 2.90. The van der Waals surface area contributed by atoms with Crippen molar-refractivity contribution in [3.05, 3.63) is 34.5 Å². The van der Waals surface area contributed by atoms with E-state index < -0.39 is 5.97 Å². The normalized spacial score (nSPS) is 11.2. The lowest BCUT2D eigenvalue weighted by atomic mass is 10.0. The van der Waals surface area contributed by atoms with Crippen molar-refractivity contribution in [1.29, 1.82) is 0 Å². The summed E-state index contributed by atoms with van der Waals surface area (Å²) in [5, 5.41) is 19.5. The van der Waals surface area contributed by atoms with E-state index in [1.54, 1.807) is 12.1 Å². The van der Waals surface area contributed by atoms with E-state index in [1.165, 1.54) is 5.56 Å². The van der Waals surface area contributed by atoms with Gasteiger partial charge in [-0.2, -0.15) is 0 Å². The highest BCUT2D eigenvalue weighted by atomic mass is 16.4. The number of carboxylic acids is 1. The zero-order valence-corrected chi connectivity index (χ0v) is 12.2. The van der Waals surface area contributed by atoms with Crippen LogP contribution in [0.15, 0.2) is 12.1 Å². The maximum absolute atomic E-state index is 11.2. The zero-order chi connectivity index (χ0) is 14.9. The van der Waals surface area contributed by atoms with Crippen LogP contribution >= 0.6 is 0 Å². The van der Waals surface area contributed by atoms with Gasteiger partial charge in [-0.05, 0) is 43.5 Å². The Kier molecular flexibility index (Phi) is 4.14. The Labute approximate surface area is 118 Å². The molecule has 2 rings (SSSR count). The Morgan fingerprint density at radius 2 is 2.00 bits per heavy atom. The Morgan fingerprint density at radius 1 is 1.30 bits per heavy atom. The standard InChI is InChI=1S/C16H21NO3/c1-4-5-13-11(3)17(6-7-18)15-10(2)8-12(16(19)20)9-14(13)15/h8-9,18H,4-7H2,1-3H3,(H,19,20). The SMILES string of the molecule is CCCc1c(C)n(CCO)c2c(C)cc(C(=O)O)cc12. The summed E-state index contributed by atoms with van der Waals surface area (Å²) in [6.45, 7) is 6.70. The minimum atomic E-state index is -0.898. The predicted molar refractivity (Wildman–Crippen MR) is 79.5 cm³/mol. The topological polar surface area (TPSA) is 62.5 Å². The van der Waals surface area contributed by atoms with Gasteiger partial charge in [-0.15, -0.1) is 0 Å². The number of aromatic carboxylic acids is 1. The number of carboxylic acid groups (broad SMARTS) is 1. The van der Waals surface area contributed by atoms with Gasteiger partial charge in [0.25, 0.3) is 0 Å². The molecule has 0 radical (unpaired) electrons. The number of benzene rings is 1. The van der Waals surface area contributed by atoms with Gasteiger partial charge in [0.15, 0.2) is 0 Å². The lowest BCUT2D eigenvalue weighted by molar-refractivity contribution is 0.0697. The van der Waals surface area contributed by atoms with Gasteiger partial charge in [-0.1, -0.05) is 13.3 Å². The van der Waals surface area contributed by atoms with Crippen molar-refractivity contribution in [3.8, 4) is 0 Å². The first kappa shape index (κ1) is 14.6. The van der Waals surface area contributed by atoms with Crippen molar-refractivity contribution in [3.63, 3.8) is 0 Å². The molecule has 20 heavy (non-hydrogen) atoms. The van der Waals surface area contributed by atoms with E-state index in [0.29, 0.717) is 12.1 Å². The molecular weight excluding hydrogens is 254 g/mol. The molecule has 0 saturated carbocycles. The summed E-state index contributed by atoms with van der Waals surface area (Å²) in [5.41, 5.74) is 4.64. The van der Waals surface area contributed by atoms with Gasteiger partial charge in [0.1, 0.15) is 0 Å². The molecule has 2 N–H and O–H groups in total. The first-order valence-electron chi connectivity index (χ1n) is 6.97. The molecule has 0 aliphatic rings. The fourth-order valence-corrected chi connectivity index (χ4v) is 2.96. The fourth-order valence-electron chi connectivity index (χ4n) is 2.96. The first-order chi connectivity index (χ1) is 9.51. The highest BCUT2D eigenvalue weighted by Gasteiger charge is 2.17. The molecule has 0 aliphatic carbocycles. The summed E-state index contributed by atoms with van der Waals surface area (Å²) >= 11 is 0. The first-order valence-corrected chi connectivity index (χ1v) is 6.97. The van der Waals surface area contributed by atoms with Crippen LogP contribution < -0.4 is 0 Å². The van der Waals surface area contributed by atoms with E-state index in [-0.39, 0.29) is 6.61 Å². The van der Waals surface area contributed by atoms with E-state index in [4.69, 9.17) is 0 Å². The third-order valence-corrected chi connectivity index (χ3v) is 3.81. The molecule has 0 fully saturated rings. The van der Waals surface area contributed by atoms with Crippen molar-refractivity contribution in [2.45, 2.75) is 40.2 Å². The van der Waals surface area contributed by atoms with Crippen LogP contribution in [0, 0.1) is 13.8 Å². The second kappa shape index (κ2) is 5.67. The fraction of sp³-hybridized carbons (Fsp3) is 0.438. The van der Waals surface area contributed by atoms with Crippen molar-refractivity contribution in [2.75, 3.05) is 6.61 Å². The smallest absolute Gasteiger partial charge is 0.335 e. The number of aliphatic hydroxyl groups is 1.